The van der Waals surface area contributed by atoms with Crippen molar-refractivity contribution in [1.82, 2.24) is 9.55 Å². The molecule has 1 amide bonds. The van der Waals surface area contributed by atoms with Gasteiger partial charge in [0, 0.05) is 25.8 Å². The highest BCUT2D eigenvalue weighted by atomic mass is 16.5. The summed E-state index contributed by atoms with van der Waals surface area (Å²) in [6.07, 6.45) is 0. The number of anilines is 2. The number of aromatic amines is 1. The quantitative estimate of drug-likeness (QED) is 0.750. The highest BCUT2D eigenvalue weighted by molar-refractivity contribution is 6.07. The molecule has 0 radical (unpaired) electrons. The largest absolute Gasteiger partial charge is 0.383 e. The Hall–Kier alpha value is -2.87. The molecule has 0 saturated carbocycles. The fourth-order valence-corrected chi connectivity index (χ4v) is 2.91. The average molecular weight is 388 g/mol. The zero-order valence-corrected chi connectivity index (χ0v) is 17.0. The number of aryl methyl sites for hydroxylation is 2. The van der Waals surface area contributed by atoms with Crippen LogP contribution in [0.2, 0.25) is 0 Å². The highest BCUT2D eigenvalue weighted by Crippen LogP contribution is 2.21. The van der Waals surface area contributed by atoms with Crippen LogP contribution in [-0.4, -0.2) is 35.7 Å². The molecule has 28 heavy (non-hydrogen) atoms. The zero-order chi connectivity index (χ0) is 21.0. The molecule has 2 aromatic rings. The van der Waals surface area contributed by atoms with E-state index in [1.54, 1.807) is 12.1 Å². The summed E-state index contributed by atoms with van der Waals surface area (Å²) >= 11 is 0. The lowest BCUT2D eigenvalue weighted by Gasteiger charge is -2.25. The normalized spacial score (nSPS) is 11.1. The van der Waals surface area contributed by atoms with Crippen molar-refractivity contribution in [1.29, 1.82) is 0 Å². The monoisotopic (exact) mass is 388 g/mol. The number of hydrogen-bond donors (Lipinski definition) is 2. The number of nitrogens with zero attached hydrogens (tertiary/aromatic N) is 2. The van der Waals surface area contributed by atoms with Crippen LogP contribution in [0.5, 0.6) is 0 Å². The fraction of sp³-hybridized carbons (Fsp3) is 0.450. The zero-order valence-electron chi connectivity index (χ0n) is 17.0. The molecule has 2 rings (SSSR count). The lowest BCUT2D eigenvalue weighted by atomic mass is 10.1. The number of carbonyl (C=O) groups excluding carboxylic acids is 1. The Morgan fingerprint density at radius 2 is 1.93 bits per heavy atom. The Bertz CT molecular complexity index is 975. The van der Waals surface area contributed by atoms with Crippen LogP contribution in [0.3, 0.4) is 0 Å². The fourth-order valence-electron chi connectivity index (χ4n) is 2.91. The molecule has 0 fully saturated rings. The van der Waals surface area contributed by atoms with E-state index in [4.69, 9.17) is 10.5 Å². The summed E-state index contributed by atoms with van der Waals surface area (Å²) < 4.78 is 6.39. The number of methoxy groups -OCH3 is 1. The van der Waals surface area contributed by atoms with Gasteiger partial charge in [0.1, 0.15) is 5.82 Å². The molecule has 1 aromatic carbocycles. The van der Waals surface area contributed by atoms with E-state index in [9.17, 15) is 14.4 Å². The Morgan fingerprint density at radius 1 is 1.25 bits per heavy atom. The smallest absolute Gasteiger partial charge is 0.330 e. The molecular formula is C20H28N4O4. The van der Waals surface area contributed by atoms with Gasteiger partial charge in [0.25, 0.3) is 11.5 Å². The number of nitrogen functional groups attached to an aromatic ring is 1. The number of H-pyrrole nitrogens is 1. The predicted molar refractivity (Wildman–Crippen MR) is 110 cm³/mol. The Morgan fingerprint density at radius 3 is 2.50 bits per heavy atom. The first kappa shape index (κ1) is 21.4. The van der Waals surface area contributed by atoms with Crippen molar-refractivity contribution in [3.63, 3.8) is 0 Å². The van der Waals surface area contributed by atoms with E-state index < -0.39 is 11.2 Å². The van der Waals surface area contributed by atoms with Crippen molar-refractivity contribution in [3.8, 4) is 0 Å². The minimum Gasteiger partial charge on any atom is -0.383 e. The number of aromatic nitrogens is 2. The summed E-state index contributed by atoms with van der Waals surface area (Å²) in [5, 5.41) is 0. The van der Waals surface area contributed by atoms with Crippen molar-refractivity contribution in [2.45, 2.75) is 34.2 Å². The molecule has 3 N–H and O–H groups in total. The van der Waals surface area contributed by atoms with Crippen LogP contribution >= 0.6 is 0 Å². The molecule has 0 bridgehead atoms. The maximum absolute atomic E-state index is 13.2. The highest BCUT2D eigenvalue weighted by Gasteiger charge is 2.25. The Kier molecular flexibility index (Phi) is 6.80. The van der Waals surface area contributed by atoms with E-state index in [0.29, 0.717) is 12.1 Å². The van der Waals surface area contributed by atoms with Gasteiger partial charge in [0.15, 0.2) is 5.69 Å². The van der Waals surface area contributed by atoms with Gasteiger partial charge in [0.2, 0.25) is 0 Å². The number of benzene rings is 1. The van der Waals surface area contributed by atoms with E-state index >= 15 is 0 Å². The van der Waals surface area contributed by atoms with Crippen LogP contribution in [0.4, 0.5) is 11.5 Å². The number of ether oxygens (including phenoxy) is 1. The molecule has 152 valence electrons. The van der Waals surface area contributed by atoms with Gasteiger partial charge in [-0.1, -0.05) is 19.9 Å². The van der Waals surface area contributed by atoms with Crippen molar-refractivity contribution < 1.29 is 9.53 Å². The molecule has 1 aromatic heterocycles. The van der Waals surface area contributed by atoms with E-state index in [0.717, 1.165) is 11.1 Å². The SMILES string of the molecule is COCCN(C(=O)c1ccc(C)c(C)c1)c1c(N)n(CC(C)C)c(=O)[nH]c1=O. The Balaban J connectivity index is 2.62. The second-order valence-corrected chi connectivity index (χ2v) is 7.25. The van der Waals surface area contributed by atoms with Gasteiger partial charge in [0.05, 0.1) is 6.61 Å². The van der Waals surface area contributed by atoms with Gasteiger partial charge in [-0.15, -0.1) is 0 Å². The van der Waals surface area contributed by atoms with E-state index in [-0.39, 0.29) is 36.5 Å². The summed E-state index contributed by atoms with van der Waals surface area (Å²) in [6, 6.07) is 5.33. The van der Waals surface area contributed by atoms with E-state index in [1.807, 2.05) is 33.8 Å². The van der Waals surface area contributed by atoms with Crippen LogP contribution in [0.25, 0.3) is 0 Å². The third-order valence-electron chi connectivity index (χ3n) is 4.55. The standard InChI is InChI=1S/C20H28N4O4/c1-12(2)11-24-17(21)16(18(25)22-20(24)27)23(8-9-28-5)19(26)15-7-6-13(3)14(4)10-15/h6-7,10,12H,8-9,11,21H2,1-5H3,(H,22,25,27). The number of carbonyl (C=O) groups is 1. The molecule has 0 aliphatic carbocycles. The van der Waals surface area contributed by atoms with Crippen molar-refractivity contribution in [3.05, 3.63) is 55.7 Å². The molecule has 0 atom stereocenters. The van der Waals surface area contributed by atoms with E-state index in [2.05, 4.69) is 4.98 Å². The number of hydrogen-bond acceptors (Lipinski definition) is 5. The molecular weight excluding hydrogens is 360 g/mol. The molecule has 8 nitrogen and oxygen atoms in total. The summed E-state index contributed by atoms with van der Waals surface area (Å²) in [5.74, 6) is -0.288. The third-order valence-corrected chi connectivity index (χ3v) is 4.55. The van der Waals surface area contributed by atoms with Crippen LogP contribution in [0.15, 0.2) is 27.8 Å². The van der Waals surface area contributed by atoms with Gasteiger partial charge in [-0.25, -0.2) is 4.79 Å². The van der Waals surface area contributed by atoms with Gasteiger partial charge in [-0.05, 0) is 43.0 Å². The lowest BCUT2D eigenvalue weighted by Crippen LogP contribution is -2.42. The number of amides is 1. The van der Waals surface area contributed by atoms with Crippen LogP contribution in [-0.2, 0) is 11.3 Å². The summed E-state index contributed by atoms with van der Waals surface area (Å²) in [4.78, 5) is 41.5. The summed E-state index contributed by atoms with van der Waals surface area (Å²) in [5.41, 5.74) is 7.30. The summed E-state index contributed by atoms with van der Waals surface area (Å²) in [6.45, 7) is 8.38. The minimum absolute atomic E-state index is 0.0317. The average Bonchev–Trinajstić information content (AvgIpc) is 2.62. The van der Waals surface area contributed by atoms with Crippen molar-refractivity contribution >= 4 is 17.4 Å². The molecule has 0 aliphatic heterocycles. The summed E-state index contributed by atoms with van der Waals surface area (Å²) in [7, 11) is 1.51. The molecule has 0 saturated heterocycles. The van der Waals surface area contributed by atoms with Crippen molar-refractivity contribution in [2.75, 3.05) is 30.9 Å². The second kappa shape index (κ2) is 8.88. The van der Waals surface area contributed by atoms with Crippen LogP contribution in [0, 0.1) is 19.8 Å². The van der Waals surface area contributed by atoms with E-state index in [1.165, 1.54) is 16.6 Å². The number of nitrogens with one attached hydrogen (secondary N) is 1. The van der Waals surface area contributed by atoms with Gasteiger partial charge in [-0.3, -0.25) is 24.0 Å². The minimum atomic E-state index is -0.698. The maximum atomic E-state index is 13.2. The molecule has 0 unspecified atom stereocenters. The van der Waals surface area contributed by atoms with Gasteiger partial charge in [-0.2, -0.15) is 0 Å². The first-order valence-electron chi connectivity index (χ1n) is 9.18. The topological polar surface area (TPSA) is 110 Å². The lowest BCUT2D eigenvalue weighted by molar-refractivity contribution is 0.0975. The van der Waals surface area contributed by atoms with Gasteiger partial charge < -0.3 is 10.5 Å². The molecule has 8 heteroatoms. The van der Waals surface area contributed by atoms with Crippen molar-refractivity contribution in [2.24, 2.45) is 5.92 Å². The molecule has 0 aliphatic rings. The van der Waals surface area contributed by atoms with Gasteiger partial charge >= 0.3 is 5.69 Å². The van der Waals surface area contributed by atoms with Crippen LogP contribution < -0.4 is 21.9 Å². The predicted octanol–water partition coefficient (Wildman–Crippen LogP) is 1.68. The number of nitrogens with two attached hydrogens (primary N) is 1. The number of rotatable bonds is 7. The Labute approximate surface area is 163 Å². The first-order chi connectivity index (χ1) is 13.2. The maximum Gasteiger partial charge on any atom is 0.330 e. The third kappa shape index (κ3) is 4.51. The molecule has 1 heterocycles. The second-order valence-electron chi connectivity index (χ2n) is 7.25. The molecule has 0 spiro atoms. The van der Waals surface area contributed by atoms with Crippen LogP contribution in [0.1, 0.15) is 35.3 Å². The first-order valence-corrected chi connectivity index (χ1v) is 9.18.